The van der Waals surface area contributed by atoms with E-state index in [0.29, 0.717) is 30.5 Å². The number of nitrogens with one attached hydrogen (secondary N) is 1. The van der Waals surface area contributed by atoms with E-state index < -0.39 is 0 Å². The lowest BCUT2D eigenvalue weighted by molar-refractivity contribution is -0.123. The first-order valence-electron chi connectivity index (χ1n) is 8.22. The monoisotopic (exact) mass is 420 g/mol. The number of rotatable bonds is 9. The van der Waals surface area contributed by atoms with Crippen molar-refractivity contribution in [2.75, 3.05) is 19.8 Å². The maximum Gasteiger partial charge on any atom is 0.277 e. The van der Waals surface area contributed by atoms with Gasteiger partial charge in [0.25, 0.3) is 5.91 Å². The van der Waals surface area contributed by atoms with Gasteiger partial charge < -0.3 is 14.2 Å². The third-order valence-electron chi connectivity index (χ3n) is 3.14. The van der Waals surface area contributed by atoms with Crippen molar-refractivity contribution in [3.05, 3.63) is 52.5 Å². The van der Waals surface area contributed by atoms with Crippen LogP contribution in [-0.2, 0) is 4.79 Å². The number of carbonyl (C=O) groups is 1. The van der Waals surface area contributed by atoms with E-state index in [2.05, 4.69) is 26.5 Å². The van der Waals surface area contributed by atoms with Gasteiger partial charge in [0.2, 0.25) is 0 Å². The summed E-state index contributed by atoms with van der Waals surface area (Å²) in [5.41, 5.74) is 3.21. The molecule has 0 atom stereocenters. The average molecular weight is 421 g/mol. The van der Waals surface area contributed by atoms with Gasteiger partial charge in [0, 0.05) is 4.47 Å². The third-order valence-corrected chi connectivity index (χ3v) is 3.63. The van der Waals surface area contributed by atoms with Crippen LogP contribution in [0.2, 0.25) is 0 Å². The van der Waals surface area contributed by atoms with E-state index in [1.807, 2.05) is 44.2 Å². The van der Waals surface area contributed by atoms with Gasteiger partial charge in [-0.05, 0) is 55.8 Å². The molecular formula is C19H21BrN2O4. The number of carbonyl (C=O) groups excluding carboxylic acids is 1. The first-order chi connectivity index (χ1) is 12.6. The smallest absolute Gasteiger partial charge is 0.277 e. The zero-order valence-corrected chi connectivity index (χ0v) is 16.3. The second-order valence-corrected chi connectivity index (χ2v) is 6.03. The molecule has 7 heteroatoms. The van der Waals surface area contributed by atoms with Crippen molar-refractivity contribution < 1.29 is 19.0 Å². The molecular weight excluding hydrogens is 400 g/mol. The van der Waals surface area contributed by atoms with Gasteiger partial charge in [-0.2, -0.15) is 5.10 Å². The minimum atomic E-state index is -0.350. The lowest BCUT2D eigenvalue weighted by Gasteiger charge is -2.11. The molecule has 26 heavy (non-hydrogen) atoms. The largest absolute Gasteiger partial charge is 0.490 e. The summed E-state index contributed by atoms with van der Waals surface area (Å²) in [7, 11) is 0. The highest BCUT2D eigenvalue weighted by Crippen LogP contribution is 2.27. The minimum Gasteiger partial charge on any atom is -0.490 e. The van der Waals surface area contributed by atoms with Crippen molar-refractivity contribution in [2.45, 2.75) is 13.8 Å². The van der Waals surface area contributed by atoms with Gasteiger partial charge in [0.1, 0.15) is 5.75 Å². The number of hydrogen-bond acceptors (Lipinski definition) is 5. The van der Waals surface area contributed by atoms with E-state index in [0.717, 1.165) is 10.0 Å². The van der Waals surface area contributed by atoms with Gasteiger partial charge in [-0.3, -0.25) is 4.79 Å². The molecule has 0 aromatic heterocycles. The van der Waals surface area contributed by atoms with E-state index in [1.165, 1.54) is 6.21 Å². The summed E-state index contributed by atoms with van der Waals surface area (Å²) in [5.74, 6) is 1.57. The molecule has 6 nitrogen and oxygen atoms in total. The van der Waals surface area contributed by atoms with Gasteiger partial charge in [-0.25, -0.2) is 5.43 Å². The molecule has 2 aromatic carbocycles. The maximum absolute atomic E-state index is 11.8. The molecule has 1 amide bonds. The van der Waals surface area contributed by atoms with Gasteiger partial charge >= 0.3 is 0 Å². The molecule has 2 rings (SSSR count). The molecule has 0 spiro atoms. The second-order valence-electron chi connectivity index (χ2n) is 5.11. The Morgan fingerprint density at radius 1 is 1.08 bits per heavy atom. The molecule has 0 saturated heterocycles. The van der Waals surface area contributed by atoms with Crippen molar-refractivity contribution in [3.8, 4) is 17.2 Å². The highest BCUT2D eigenvalue weighted by Gasteiger charge is 2.05. The van der Waals surface area contributed by atoms with Gasteiger partial charge in [-0.1, -0.05) is 22.0 Å². The number of halogens is 1. The third kappa shape index (κ3) is 6.40. The molecule has 138 valence electrons. The standard InChI is InChI=1S/C19H21BrN2O4/c1-3-24-17-9-8-14(10-18(17)25-4-2)12-21-22-19(23)13-26-16-7-5-6-15(20)11-16/h5-12H,3-4,13H2,1-2H3,(H,22,23)/b21-12+. The Hall–Kier alpha value is -2.54. The number of nitrogens with zero attached hydrogens (tertiary/aromatic N) is 1. The van der Waals surface area contributed by atoms with Gasteiger partial charge in [0.15, 0.2) is 18.1 Å². The van der Waals surface area contributed by atoms with Crippen LogP contribution in [0.4, 0.5) is 0 Å². The molecule has 0 saturated carbocycles. The van der Waals surface area contributed by atoms with Crippen LogP contribution >= 0.6 is 15.9 Å². The zero-order chi connectivity index (χ0) is 18.8. The summed E-state index contributed by atoms with van der Waals surface area (Å²) in [4.78, 5) is 11.8. The van der Waals surface area contributed by atoms with Crippen LogP contribution in [0.15, 0.2) is 52.0 Å². The predicted octanol–water partition coefficient (Wildman–Crippen LogP) is 3.78. The molecule has 0 fully saturated rings. The van der Waals surface area contributed by atoms with Crippen molar-refractivity contribution in [1.29, 1.82) is 0 Å². The highest BCUT2D eigenvalue weighted by atomic mass is 79.9. The van der Waals surface area contributed by atoms with Crippen molar-refractivity contribution in [2.24, 2.45) is 5.10 Å². The fourth-order valence-corrected chi connectivity index (χ4v) is 2.44. The maximum atomic E-state index is 11.8. The van der Waals surface area contributed by atoms with E-state index >= 15 is 0 Å². The Balaban J connectivity index is 1.88. The van der Waals surface area contributed by atoms with Crippen molar-refractivity contribution in [3.63, 3.8) is 0 Å². The topological polar surface area (TPSA) is 69.2 Å². The molecule has 0 radical (unpaired) electrons. The molecule has 0 aliphatic heterocycles. The fraction of sp³-hybridized carbons (Fsp3) is 0.263. The average Bonchev–Trinajstić information content (AvgIpc) is 2.62. The van der Waals surface area contributed by atoms with Crippen LogP contribution in [-0.4, -0.2) is 31.9 Å². The fourth-order valence-electron chi connectivity index (χ4n) is 2.06. The van der Waals surface area contributed by atoms with E-state index in [-0.39, 0.29) is 12.5 Å². The summed E-state index contributed by atoms with van der Waals surface area (Å²) in [6.07, 6.45) is 1.54. The SMILES string of the molecule is CCOc1ccc(/C=N/NC(=O)COc2cccc(Br)c2)cc1OCC. The molecule has 0 heterocycles. The molecule has 0 aliphatic rings. The molecule has 2 aromatic rings. The number of amides is 1. The van der Waals surface area contributed by atoms with E-state index in [4.69, 9.17) is 14.2 Å². The summed E-state index contributed by atoms with van der Waals surface area (Å²) in [6, 6.07) is 12.7. The molecule has 0 bridgehead atoms. The van der Waals surface area contributed by atoms with Gasteiger partial charge in [0.05, 0.1) is 19.4 Å². The van der Waals surface area contributed by atoms with E-state index in [1.54, 1.807) is 12.1 Å². The highest BCUT2D eigenvalue weighted by molar-refractivity contribution is 9.10. The summed E-state index contributed by atoms with van der Waals surface area (Å²) in [5, 5.41) is 3.94. The zero-order valence-electron chi connectivity index (χ0n) is 14.7. The van der Waals surface area contributed by atoms with E-state index in [9.17, 15) is 4.79 Å². The molecule has 1 N–H and O–H groups in total. The van der Waals surface area contributed by atoms with Crippen LogP contribution in [0.25, 0.3) is 0 Å². The first kappa shape index (κ1) is 19.8. The lowest BCUT2D eigenvalue weighted by Crippen LogP contribution is -2.24. The van der Waals surface area contributed by atoms with Crippen LogP contribution < -0.4 is 19.6 Å². The van der Waals surface area contributed by atoms with Gasteiger partial charge in [-0.15, -0.1) is 0 Å². The summed E-state index contributed by atoms with van der Waals surface area (Å²) < 4.78 is 17.3. The lowest BCUT2D eigenvalue weighted by atomic mass is 10.2. The van der Waals surface area contributed by atoms with Crippen molar-refractivity contribution in [1.82, 2.24) is 5.43 Å². The van der Waals surface area contributed by atoms with Crippen LogP contribution in [0.1, 0.15) is 19.4 Å². The number of hydrogen-bond donors (Lipinski definition) is 1. The Bertz CT molecular complexity index is 765. The Morgan fingerprint density at radius 3 is 2.58 bits per heavy atom. The Kier molecular flexibility index (Phi) is 7.95. The first-order valence-corrected chi connectivity index (χ1v) is 9.01. The quantitative estimate of drug-likeness (QED) is 0.494. The Labute approximate surface area is 161 Å². The Morgan fingerprint density at radius 2 is 1.85 bits per heavy atom. The molecule has 0 aliphatic carbocycles. The second kappa shape index (κ2) is 10.5. The summed E-state index contributed by atoms with van der Waals surface area (Å²) in [6.45, 7) is 4.78. The van der Waals surface area contributed by atoms with Crippen LogP contribution in [0, 0.1) is 0 Å². The van der Waals surface area contributed by atoms with Crippen LogP contribution in [0.3, 0.4) is 0 Å². The number of hydrazone groups is 1. The number of benzene rings is 2. The number of ether oxygens (including phenoxy) is 3. The summed E-state index contributed by atoms with van der Waals surface area (Å²) >= 11 is 3.35. The van der Waals surface area contributed by atoms with Crippen molar-refractivity contribution >= 4 is 28.1 Å². The normalized spacial score (nSPS) is 10.6. The predicted molar refractivity (Wildman–Crippen MR) is 104 cm³/mol. The minimum absolute atomic E-state index is 0.124. The van der Waals surface area contributed by atoms with Crippen LogP contribution in [0.5, 0.6) is 17.2 Å². The molecule has 0 unspecified atom stereocenters.